The van der Waals surface area contributed by atoms with Crippen molar-refractivity contribution in [2.24, 2.45) is 5.92 Å². The zero-order valence-corrected chi connectivity index (χ0v) is 8.82. The molecule has 1 aromatic carbocycles. The van der Waals surface area contributed by atoms with Gasteiger partial charge in [-0.15, -0.1) is 0 Å². The second-order valence-corrected chi connectivity index (χ2v) is 4.10. The highest BCUT2D eigenvalue weighted by molar-refractivity contribution is 5.25. The van der Waals surface area contributed by atoms with Gasteiger partial charge in [-0.1, -0.05) is 30.3 Å². The monoisotopic (exact) mass is 200 g/mol. The Labute approximate surface area is 90.9 Å². The predicted octanol–water partition coefficient (Wildman–Crippen LogP) is 2.29. The predicted molar refractivity (Wildman–Crippen MR) is 60.4 cm³/mol. The maximum Gasteiger partial charge on any atom is 0.0741 e. The van der Waals surface area contributed by atoms with Gasteiger partial charge < -0.3 is 5.32 Å². The average Bonchev–Trinajstić information content (AvgIpc) is 2.33. The lowest BCUT2D eigenvalue weighted by Crippen LogP contribution is -2.30. The van der Waals surface area contributed by atoms with Crippen LogP contribution in [-0.2, 0) is 0 Å². The summed E-state index contributed by atoms with van der Waals surface area (Å²) >= 11 is 0. The summed E-state index contributed by atoms with van der Waals surface area (Å²) in [6.07, 6.45) is 2.24. The third kappa shape index (κ3) is 2.37. The molecular weight excluding hydrogens is 184 g/mol. The van der Waals surface area contributed by atoms with E-state index < -0.39 is 0 Å². The van der Waals surface area contributed by atoms with Gasteiger partial charge in [-0.2, -0.15) is 5.26 Å². The molecule has 15 heavy (non-hydrogen) atoms. The lowest BCUT2D eigenvalue weighted by Gasteiger charge is -2.26. The fraction of sp³-hybridized carbons (Fsp3) is 0.462. The molecular formula is C13H16N2. The number of nitrogens with one attached hydrogen (secondary N) is 1. The molecule has 1 aromatic rings. The first-order valence-electron chi connectivity index (χ1n) is 5.57. The first-order chi connectivity index (χ1) is 7.42. The molecule has 1 aliphatic rings. The first-order valence-corrected chi connectivity index (χ1v) is 5.57. The Bertz CT molecular complexity index is 333. The van der Waals surface area contributed by atoms with Gasteiger partial charge in [0.15, 0.2) is 0 Å². The van der Waals surface area contributed by atoms with Crippen molar-refractivity contribution in [1.82, 2.24) is 5.32 Å². The van der Waals surface area contributed by atoms with E-state index >= 15 is 0 Å². The number of nitrogens with zero attached hydrogens (tertiary/aromatic N) is 1. The van der Waals surface area contributed by atoms with E-state index in [1.54, 1.807) is 0 Å². The Kier molecular flexibility index (Phi) is 3.37. The van der Waals surface area contributed by atoms with Crippen LogP contribution in [0.2, 0.25) is 0 Å². The molecule has 1 N–H and O–H groups in total. The van der Waals surface area contributed by atoms with E-state index in [-0.39, 0.29) is 5.92 Å². The molecule has 1 atom stereocenters. The highest BCUT2D eigenvalue weighted by Gasteiger charge is 2.24. The standard InChI is InChI=1S/C13H16N2/c14-10-13(11-4-2-1-3-5-11)12-6-8-15-9-7-12/h1-5,12-13,15H,6-9H2/t13-/m1/s1. The molecule has 0 aliphatic carbocycles. The van der Waals surface area contributed by atoms with Gasteiger partial charge in [0.2, 0.25) is 0 Å². The zero-order valence-electron chi connectivity index (χ0n) is 8.82. The van der Waals surface area contributed by atoms with Crippen LogP contribution >= 0.6 is 0 Å². The molecule has 0 aromatic heterocycles. The first kappa shape index (κ1) is 10.2. The van der Waals surface area contributed by atoms with E-state index in [1.807, 2.05) is 18.2 Å². The smallest absolute Gasteiger partial charge is 0.0741 e. The Balaban J connectivity index is 2.14. The van der Waals surface area contributed by atoms with E-state index in [4.69, 9.17) is 0 Å². The second-order valence-electron chi connectivity index (χ2n) is 4.10. The van der Waals surface area contributed by atoms with Crippen molar-refractivity contribution in [2.45, 2.75) is 18.8 Å². The Morgan fingerprint density at radius 3 is 2.47 bits per heavy atom. The molecule has 0 spiro atoms. The van der Waals surface area contributed by atoms with E-state index in [0.29, 0.717) is 5.92 Å². The number of hydrogen-bond donors (Lipinski definition) is 1. The van der Waals surface area contributed by atoms with Crippen molar-refractivity contribution in [1.29, 1.82) is 5.26 Å². The van der Waals surface area contributed by atoms with Crippen LogP contribution in [0.15, 0.2) is 30.3 Å². The zero-order chi connectivity index (χ0) is 10.5. The minimum absolute atomic E-state index is 0.0771. The van der Waals surface area contributed by atoms with Crippen molar-refractivity contribution < 1.29 is 0 Å². The van der Waals surface area contributed by atoms with Crippen molar-refractivity contribution in [3.63, 3.8) is 0 Å². The molecule has 1 aliphatic heterocycles. The lowest BCUT2D eigenvalue weighted by atomic mass is 9.81. The Morgan fingerprint density at radius 2 is 1.87 bits per heavy atom. The summed E-state index contributed by atoms with van der Waals surface area (Å²) in [5, 5.41) is 12.6. The second kappa shape index (κ2) is 4.95. The van der Waals surface area contributed by atoms with Crippen molar-refractivity contribution >= 4 is 0 Å². The molecule has 78 valence electrons. The number of rotatable bonds is 2. The number of nitriles is 1. The van der Waals surface area contributed by atoms with E-state index in [2.05, 4.69) is 23.5 Å². The molecule has 1 heterocycles. The fourth-order valence-corrected chi connectivity index (χ4v) is 2.29. The van der Waals surface area contributed by atoms with Crippen LogP contribution in [0.5, 0.6) is 0 Å². The van der Waals surface area contributed by atoms with Crippen molar-refractivity contribution in [3.05, 3.63) is 35.9 Å². The van der Waals surface area contributed by atoms with Crippen LogP contribution in [-0.4, -0.2) is 13.1 Å². The Morgan fingerprint density at radius 1 is 1.20 bits per heavy atom. The van der Waals surface area contributed by atoms with Crippen molar-refractivity contribution in [2.75, 3.05) is 13.1 Å². The van der Waals surface area contributed by atoms with E-state index in [9.17, 15) is 5.26 Å². The molecule has 2 nitrogen and oxygen atoms in total. The van der Waals surface area contributed by atoms with Crippen LogP contribution in [0.25, 0.3) is 0 Å². The summed E-state index contributed by atoms with van der Waals surface area (Å²) in [4.78, 5) is 0. The lowest BCUT2D eigenvalue weighted by molar-refractivity contribution is 0.351. The number of piperidine rings is 1. The van der Waals surface area contributed by atoms with Crippen LogP contribution in [0.3, 0.4) is 0 Å². The topological polar surface area (TPSA) is 35.8 Å². The summed E-state index contributed by atoms with van der Waals surface area (Å²) < 4.78 is 0. The van der Waals surface area contributed by atoms with Gasteiger partial charge in [-0.05, 0) is 37.4 Å². The molecule has 0 unspecified atom stereocenters. The molecule has 0 amide bonds. The van der Waals surface area contributed by atoms with Gasteiger partial charge in [0, 0.05) is 0 Å². The van der Waals surface area contributed by atoms with Gasteiger partial charge >= 0.3 is 0 Å². The minimum atomic E-state index is 0.0771. The molecule has 0 saturated carbocycles. The summed E-state index contributed by atoms with van der Waals surface area (Å²) in [6.45, 7) is 2.10. The summed E-state index contributed by atoms with van der Waals surface area (Å²) in [6, 6.07) is 12.6. The maximum atomic E-state index is 9.26. The van der Waals surface area contributed by atoms with Gasteiger partial charge in [0.1, 0.15) is 0 Å². The summed E-state index contributed by atoms with van der Waals surface area (Å²) in [5.74, 6) is 0.604. The third-order valence-corrected chi connectivity index (χ3v) is 3.15. The molecule has 0 bridgehead atoms. The molecule has 1 saturated heterocycles. The molecule has 2 rings (SSSR count). The highest BCUT2D eigenvalue weighted by atomic mass is 14.9. The average molecular weight is 200 g/mol. The SMILES string of the molecule is N#C[C@H](c1ccccc1)C1CCNCC1. The third-order valence-electron chi connectivity index (χ3n) is 3.15. The number of benzene rings is 1. The van der Waals surface area contributed by atoms with Gasteiger partial charge in [-0.3, -0.25) is 0 Å². The molecule has 0 radical (unpaired) electrons. The van der Waals surface area contributed by atoms with Crippen LogP contribution < -0.4 is 5.32 Å². The summed E-state index contributed by atoms with van der Waals surface area (Å²) in [5.41, 5.74) is 1.17. The maximum absolute atomic E-state index is 9.26. The van der Waals surface area contributed by atoms with Crippen LogP contribution in [0, 0.1) is 17.2 Å². The quantitative estimate of drug-likeness (QED) is 0.795. The number of hydrogen-bond acceptors (Lipinski definition) is 2. The normalized spacial score (nSPS) is 19.4. The molecule has 1 fully saturated rings. The summed E-state index contributed by atoms with van der Waals surface area (Å²) in [7, 11) is 0. The van der Waals surface area contributed by atoms with Gasteiger partial charge in [-0.25, -0.2) is 0 Å². The van der Waals surface area contributed by atoms with Crippen LogP contribution in [0.4, 0.5) is 0 Å². The fourth-order valence-electron chi connectivity index (χ4n) is 2.29. The molecule has 2 heteroatoms. The van der Waals surface area contributed by atoms with Gasteiger partial charge in [0.25, 0.3) is 0 Å². The highest BCUT2D eigenvalue weighted by Crippen LogP contribution is 2.30. The van der Waals surface area contributed by atoms with Crippen molar-refractivity contribution in [3.8, 4) is 6.07 Å². The van der Waals surface area contributed by atoms with E-state index in [1.165, 1.54) is 5.56 Å². The largest absolute Gasteiger partial charge is 0.317 e. The van der Waals surface area contributed by atoms with Gasteiger partial charge in [0.05, 0.1) is 12.0 Å². The Hall–Kier alpha value is -1.33. The van der Waals surface area contributed by atoms with Crippen LogP contribution in [0.1, 0.15) is 24.3 Å². The van der Waals surface area contributed by atoms with E-state index in [0.717, 1.165) is 25.9 Å². The minimum Gasteiger partial charge on any atom is -0.317 e.